The molecule has 2 heterocycles. The molecule has 0 saturated carbocycles. The third-order valence-electron chi connectivity index (χ3n) is 4.06. The van der Waals surface area contributed by atoms with E-state index in [2.05, 4.69) is 10.3 Å². The predicted molar refractivity (Wildman–Crippen MR) is 110 cm³/mol. The number of nitrogens with one attached hydrogen (secondary N) is 1. The molecular formula is C22H16N2O4S. The Morgan fingerprint density at radius 1 is 1.00 bits per heavy atom. The van der Waals surface area contributed by atoms with E-state index in [1.165, 1.54) is 17.6 Å². The SMILES string of the molecule is O=C(Nc1ccccc1C(=O)OCc1csc(-c2ccccc2)n1)c1ccco1. The Labute approximate surface area is 170 Å². The van der Waals surface area contributed by atoms with Crippen molar-refractivity contribution in [3.63, 3.8) is 0 Å². The molecular weight excluding hydrogens is 388 g/mol. The Hall–Kier alpha value is -3.71. The quantitative estimate of drug-likeness (QED) is 0.457. The minimum Gasteiger partial charge on any atom is -0.459 e. The van der Waals surface area contributed by atoms with Crippen LogP contribution in [0.5, 0.6) is 0 Å². The van der Waals surface area contributed by atoms with Crippen LogP contribution in [0.3, 0.4) is 0 Å². The van der Waals surface area contributed by atoms with E-state index in [0.717, 1.165) is 10.6 Å². The molecule has 0 spiro atoms. The molecule has 0 atom stereocenters. The van der Waals surface area contributed by atoms with E-state index in [-0.39, 0.29) is 17.9 Å². The molecule has 0 radical (unpaired) electrons. The van der Waals surface area contributed by atoms with Crippen LogP contribution in [0, 0.1) is 0 Å². The molecule has 1 N–H and O–H groups in total. The van der Waals surface area contributed by atoms with E-state index < -0.39 is 11.9 Å². The number of aromatic nitrogens is 1. The fourth-order valence-corrected chi connectivity index (χ4v) is 3.48. The monoisotopic (exact) mass is 404 g/mol. The first kappa shape index (κ1) is 18.6. The number of para-hydroxylation sites is 1. The second-order valence-electron chi connectivity index (χ2n) is 6.06. The Kier molecular flexibility index (Phi) is 5.49. The normalized spacial score (nSPS) is 10.5. The van der Waals surface area contributed by atoms with Gasteiger partial charge in [0.1, 0.15) is 11.6 Å². The molecule has 1 amide bonds. The molecule has 4 aromatic rings. The van der Waals surface area contributed by atoms with Crippen LogP contribution in [-0.4, -0.2) is 16.9 Å². The summed E-state index contributed by atoms with van der Waals surface area (Å²) in [5.74, 6) is -0.832. The summed E-state index contributed by atoms with van der Waals surface area (Å²) in [6.45, 7) is 0.0443. The van der Waals surface area contributed by atoms with Crippen LogP contribution in [-0.2, 0) is 11.3 Å². The van der Waals surface area contributed by atoms with Crippen LogP contribution >= 0.6 is 11.3 Å². The molecule has 0 aliphatic carbocycles. The summed E-state index contributed by atoms with van der Waals surface area (Å²) >= 11 is 1.49. The van der Waals surface area contributed by atoms with Gasteiger partial charge in [0.25, 0.3) is 5.91 Å². The summed E-state index contributed by atoms with van der Waals surface area (Å²) in [7, 11) is 0. The largest absolute Gasteiger partial charge is 0.459 e. The van der Waals surface area contributed by atoms with E-state index in [9.17, 15) is 9.59 Å². The number of carbonyl (C=O) groups is 2. The third kappa shape index (κ3) is 4.41. The summed E-state index contributed by atoms with van der Waals surface area (Å²) in [6.07, 6.45) is 1.41. The van der Waals surface area contributed by atoms with Crippen molar-refractivity contribution in [1.82, 2.24) is 4.98 Å². The van der Waals surface area contributed by atoms with Crippen LogP contribution < -0.4 is 5.32 Å². The van der Waals surface area contributed by atoms with Gasteiger partial charge in [0, 0.05) is 10.9 Å². The Morgan fingerprint density at radius 3 is 2.59 bits per heavy atom. The second-order valence-corrected chi connectivity index (χ2v) is 6.92. The molecule has 144 valence electrons. The first-order valence-corrected chi connectivity index (χ1v) is 9.69. The third-order valence-corrected chi connectivity index (χ3v) is 5.00. The summed E-state index contributed by atoms with van der Waals surface area (Å²) in [5, 5.41) is 5.40. The van der Waals surface area contributed by atoms with Crippen molar-refractivity contribution in [1.29, 1.82) is 0 Å². The lowest BCUT2D eigenvalue weighted by Gasteiger charge is -2.09. The van der Waals surface area contributed by atoms with Gasteiger partial charge < -0.3 is 14.5 Å². The van der Waals surface area contributed by atoms with E-state index in [0.29, 0.717) is 11.4 Å². The number of benzene rings is 2. The van der Waals surface area contributed by atoms with Gasteiger partial charge in [-0.25, -0.2) is 9.78 Å². The highest BCUT2D eigenvalue weighted by molar-refractivity contribution is 7.13. The number of rotatable bonds is 6. The maximum Gasteiger partial charge on any atom is 0.340 e. The maximum absolute atomic E-state index is 12.6. The van der Waals surface area contributed by atoms with Gasteiger partial charge in [-0.3, -0.25) is 4.79 Å². The van der Waals surface area contributed by atoms with Crippen LogP contribution in [0.1, 0.15) is 26.6 Å². The molecule has 0 bridgehead atoms. The van der Waals surface area contributed by atoms with Crippen molar-refractivity contribution in [3.8, 4) is 10.6 Å². The molecule has 0 aliphatic heterocycles. The number of furan rings is 1. The summed E-state index contributed by atoms with van der Waals surface area (Å²) in [4.78, 5) is 29.3. The maximum atomic E-state index is 12.6. The highest BCUT2D eigenvalue weighted by Crippen LogP contribution is 2.24. The summed E-state index contributed by atoms with van der Waals surface area (Å²) < 4.78 is 10.5. The van der Waals surface area contributed by atoms with Crippen molar-refractivity contribution in [3.05, 3.63) is 95.4 Å². The molecule has 6 nitrogen and oxygen atoms in total. The van der Waals surface area contributed by atoms with Crippen molar-refractivity contribution in [2.75, 3.05) is 5.32 Å². The van der Waals surface area contributed by atoms with Gasteiger partial charge in [-0.1, -0.05) is 42.5 Å². The highest BCUT2D eigenvalue weighted by Gasteiger charge is 2.17. The van der Waals surface area contributed by atoms with Gasteiger partial charge in [-0.05, 0) is 24.3 Å². The van der Waals surface area contributed by atoms with Crippen molar-refractivity contribution in [2.24, 2.45) is 0 Å². The van der Waals surface area contributed by atoms with Gasteiger partial charge in [-0.2, -0.15) is 0 Å². The Bertz CT molecular complexity index is 1120. The van der Waals surface area contributed by atoms with Crippen molar-refractivity contribution >= 4 is 28.9 Å². The number of anilines is 1. The van der Waals surface area contributed by atoms with Gasteiger partial charge in [0.2, 0.25) is 0 Å². The molecule has 2 aromatic heterocycles. The van der Waals surface area contributed by atoms with Crippen molar-refractivity contribution in [2.45, 2.75) is 6.61 Å². The Morgan fingerprint density at radius 2 is 1.79 bits per heavy atom. The molecule has 0 fully saturated rings. The number of hydrogen-bond acceptors (Lipinski definition) is 6. The molecule has 2 aromatic carbocycles. The molecule has 7 heteroatoms. The average molecular weight is 404 g/mol. The van der Waals surface area contributed by atoms with Crippen LogP contribution in [0.2, 0.25) is 0 Å². The predicted octanol–water partition coefficient (Wildman–Crippen LogP) is 5.01. The zero-order valence-corrected chi connectivity index (χ0v) is 16.0. The minimum absolute atomic E-state index is 0.0443. The zero-order chi connectivity index (χ0) is 20.1. The first-order chi connectivity index (χ1) is 14.2. The first-order valence-electron chi connectivity index (χ1n) is 8.81. The van der Waals surface area contributed by atoms with Gasteiger partial charge in [0.05, 0.1) is 23.2 Å². The van der Waals surface area contributed by atoms with Crippen LogP contribution in [0.4, 0.5) is 5.69 Å². The lowest BCUT2D eigenvalue weighted by molar-refractivity contribution is 0.0469. The minimum atomic E-state index is -0.547. The van der Waals surface area contributed by atoms with E-state index in [1.807, 2.05) is 35.7 Å². The van der Waals surface area contributed by atoms with E-state index in [1.54, 1.807) is 36.4 Å². The fourth-order valence-electron chi connectivity index (χ4n) is 2.67. The number of thiazole rings is 1. The smallest absolute Gasteiger partial charge is 0.340 e. The topological polar surface area (TPSA) is 81.4 Å². The molecule has 0 unspecified atom stereocenters. The number of hydrogen-bond donors (Lipinski definition) is 1. The summed E-state index contributed by atoms with van der Waals surface area (Å²) in [5.41, 5.74) is 2.29. The number of amides is 1. The molecule has 0 aliphatic rings. The highest BCUT2D eigenvalue weighted by atomic mass is 32.1. The molecule has 29 heavy (non-hydrogen) atoms. The molecule has 4 rings (SSSR count). The molecule has 0 saturated heterocycles. The number of ether oxygens (including phenoxy) is 1. The van der Waals surface area contributed by atoms with E-state index >= 15 is 0 Å². The fraction of sp³-hybridized carbons (Fsp3) is 0.0455. The van der Waals surface area contributed by atoms with Gasteiger partial charge >= 0.3 is 5.97 Å². The number of nitrogens with zero attached hydrogens (tertiary/aromatic N) is 1. The van der Waals surface area contributed by atoms with Gasteiger partial charge in [-0.15, -0.1) is 11.3 Å². The standard InChI is InChI=1S/C22H16N2O4S/c25-20(19-11-6-12-27-19)24-18-10-5-4-9-17(18)22(26)28-13-16-14-29-21(23-16)15-7-2-1-3-8-15/h1-12,14H,13H2,(H,24,25). The van der Waals surface area contributed by atoms with Crippen LogP contribution in [0.25, 0.3) is 10.6 Å². The lowest BCUT2D eigenvalue weighted by atomic mass is 10.1. The lowest BCUT2D eigenvalue weighted by Crippen LogP contribution is -2.15. The number of carbonyl (C=O) groups excluding carboxylic acids is 2. The zero-order valence-electron chi connectivity index (χ0n) is 15.2. The van der Waals surface area contributed by atoms with Gasteiger partial charge in [0.15, 0.2) is 5.76 Å². The van der Waals surface area contributed by atoms with Crippen molar-refractivity contribution < 1.29 is 18.7 Å². The Balaban J connectivity index is 1.43. The number of esters is 1. The second kappa shape index (κ2) is 8.53. The van der Waals surface area contributed by atoms with E-state index in [4.69, 9.17) is 9.15 Å². The average Bonchev–Trinajstić information content (AvgIpc) is 3.45. The van der Waals surface area contributed by atoms with Crippen LogP contribution in [0.15, 0.2) is 82.8 Å². The summed E-state index contributed by atoms with van der Waals surface area (Å²) in [6, 6.07) is 19.6.